The zero-order valence-electron chi connectivity index (χ0n) is 11.4. The molecule has 0 spiro atoms. The van der Waals surface area contributed by atoms with Gasteiger partial charge in [-0.15, -0.1) is 0 Å². The minimum absolute atomic E-state index is 0.00106. The lowest BCUT2D eigenvalue weighted by atomic mass is 9.91. The number of rotatable bonds is 4. The molecule has 0 aromatic carbocycles. The summed E-state index contributed by atoms with van der Waals surface area (Å²) in [6.07, 6.45) is 5.42. The van der Waals surface area contributed by atoms with Crippen molar-refractivity contribution in [1.82, 2.24) is 10.3 Å². The number of amides is 1. The van der Waals surface area contributed by atoms with Crippen molar-refractivity contribution in [2.24, 2.45) is 0 Å². The van der Waals surface area contributed by atoms with E-state index in [1.54, 1.807) is 6.20 Å². The van der Waals surface area contributed by atoms with Crippen molar-refractivity contribution in [2.75, 3.05) is 11.9 Å². The SMILES string of the molecule is CCCC1(C(=O)Nc2cc(C)cnc2Cl)CCCN1. The average Bonchev–Trinajstić information content (AvgIpc) is 2.84. The Kier molecular flexibility index (Phi) is 4.42. The number of nitrogens with one attached hydrogen (secondary N) is 2. The molecule has 2 N–H and O–H groups in total. The van der Waals surface area contributed by atoms with E-state index in [1.807, 2.05) is 13.0 Å². The summed E-state index contributed by atoms with van der Waals surface area (Å²) in [4.78, 5) is 16.6. The number of pyridine rings is 1. The summed E-state index contributed by atoms with van der Waals surface area (Å²) in [6, 6.07) is 1.85. The standard InChI is InChI=1S/C14H20ClN3O/c1-3-5-14(6-4-7-17-14)13(19)18-11-8-10(2)9-16-12(11)15/h8-9,17H,3-7H2,1-2H3,(H,18,19). The Hall–Kier alpha value is -1.13. The van der Waals surface area contributed by atoms with Gasteiger partial charge in [0.05, 0.1) is 11.2 Å². The molecule has 1 unspecified atom stereocenters. The largest absolute Gasteiger partial charge is 0.322 e. The Balaban J connectivity index is 2.17. The summed E-state index contributed by atoms with van der Waals surface area (Å²) in [6.45, 7) is 4.91. The maximum atomic E-state index is 12.5. The quantitative estimate of drug-likeness (QED) is 0.835. The molecule has 1 amide bonds. The Morgan fingerprint density at radius 1 is 1.63 bits per heavy atom. The van der Waals surface area contributed by atoms with Gasteiger partial charge in [0.1, 0.15) is 0 Å². The predicted octanol–water partition coefficient (Wildman–Crippen LogP) is 2.90. The molecule has 1 saturated heterocycles. The van der Waals surface area contributed by atoms with Gasteiger partial charge in [0.15, 0.2) is 5.15 Å². The molecular formula is C14H20ClN3O. The molecule has 5 heteroatoms. The van der Waals surface area contributed by atoms with Crippen LogP contribution in [0.15, 0.2) is 12.3 Å². The van der Waals surface area contributed by atoms with Gasteiger partial charge in [-0.05, 0) is 44.4 Å². The van der Waals surface area contributed by atoms with E-state index in [0.717, 1.165) is 37.8 Å². The second-order valence-corrected chi connectivity index (χ2v) is 5.53. The highest BCUT2D eigenvalue weighted by molar-refractivity contribution is 6.32. The topological polar surface area (TPSA) is 54.0 Å². The van der Waals surface area contributed by atoms with Crippen LogP contribution in [0.25, 0.3) is 0 Å². The van der Waals surface area contributed by atoms with Crippen molar-refractivity contribution < 1.29 is 4.79 Å². The monoisotopic (exact) mass is 281 g/mol. The summed E-state index contributed by atoms with van der Waals surface area (Å²) in [5, 5.41) is 6.61. The van der Waals surface area contributed by atoms with Crippen LogP contribution < -0.4 is 10.6 Å². The van der Waals surface area contributed by atoms with Gasteiger partial charge >= 0.3 is 0 Å². The predicted molar refractivity (Wildman–Crippen MR) is 77.5 cm³/mol. The third-order valence-electron chi connectivity index (χ3n) is 3.58. The van der Waals surface area contributed by atoms with Crippen molar-refractivity contribution in [2.45, 2.75) is 45.1 Å². The third kappa shape index (κ3) is 3.07. The third-order valence-corrected chi connectivity index (χ3v) is 3.88. The van der Waals surface area contributed by atoms with Gasteiger partial charge < -0.3 is 10.6 Å². The molecule has 1 aliphatic rings. The fraction of sp³-hybridized carbons (Fsp3) is 0.571. The van der Waals surface area contributed by atoms with Crippen LogP contribution in [0.3, 0.4) is 0 Å². The van der Waals surface area contributed by atoms with Crippen molar-refractivity contribution in [3.05, 3.63) is 23.0 Å². The Morgan fingerprint density at radius 2 is 2.42 bits per heavy atom. The molecule has 4 nitrogen and oxygen atoms in total. The lowest BCUT2D eigenvalue weighted by Gasteiger charge is -2.28. The first kappa shape index (κ1) is 14.3. The highest BCUT2D eigenvalue weighted by Crippen LogP contribution is 2.28. The number of carbonyl (C=O) groups excluding carboxylic acids is 1. The number of anilines is 1. The van der Waals surface area contributed by atoms with Gasteiger partial charge in [-0.25, -0.2) is 4.98 Å². The number of aromatic nitrogens is 1. The first-order chi connectivity index (χ1) is 9.07. The van der Waals surface area contributed by atoms with Crippen LogP contribution in [0.4, 0.5) is 5.69 Å². The molecule has 0 saturated carbocycles. The molecule has 104 valence electrons. The van der Waals surface area contributed by atoms with Crippen molar-refractivity contribution >= 4 is 23.2 Å². The number of hydrogen-bond acceptors (Lipinski definition) is 3. The van der Waals surface area contributed by atoms with Crippen LogP contribution in [0.5, 0.6) is 0 Å². The molecule has 19 heavy (non-hydrogen) atoms. The van der Waals surface area contributed by atoms with E-state index < -0.39 is 5.54 Å². The molecule has 2 rings (SSSR count). The molecule has 1 aromatic rings. The van der Waals surface area contributed by atoms with Crippen molar-refractivity contribution in [3.63, 3.8) is 0 Å². The first-order valence-electron chi connectivity index (χ1n) is 6.76. The maximum absolute atomic E-state index is 12.5. The fourth-order valence-electron chi connectivity index (χ4n) is 2.64. The van der Waals surface area contributed by atoms with Gasteiger partial charge in [-0.2, -0.15) is 0 Å². The Morgan fingerprint density at radius 3 is 3.05 bits per heavy atom. The van der Waals surface area contributed by atoms with Crippen LogP contribution in [0.1, 0.15) is 38.2 Å². The van der Waals surface area contributed by atoms with Gasteiger partial charge in [0.25, 0.3) is 0 Å². The van der Waals surface area contributed by atoms with E-state index in [-0.39, 0.29) is 5.91 Å². The molecule has 2 heterocycles. The highest BCUT2D eigenvalue weighted by Gasteiger charge is 2.40. The summed E-state index contributed by atoms with van der Waals surface area (Å²) >= 11 is 6.02. The Bertz CT molecular complexity index is 470. The van der Waals surface area contributed by atoms with Gasteiger partial charge in [-0.1, -0.05) is 24.9 Å². The number of hydrogen-bond donors (Lipinski definition) is 2. The molecular weight excluding hydrogens is 262 g/mol. The minimum atomic E-state index is -0.443. The van der Waals surface area contributed by atoms with Crippen LogP contribution in [0, 0.1) is 6.92 Å². The molecule has 1 fully saturated rings. The second kappa shape index (κ2) is 5.88. The molecule has 0 aliphatic carbocycles. The van der Waals surface area contributed by atoms with Crippen LogP contribution >= 0.6 is 11.6 Å². The highest BCUT2D eigenvalue weighted by atomic mass is 35.5. The molecule has 0 radical (unpaired) electrons. The maximum Gasteiger partial charge on any atom is 0.244 e. The van der Waals surface area contributed by atoms with Crippen LogP contribution in [0.2, 0.25) is 5.15 Å². The van der Waals surface area contributed by atoms with E-state index in [0.29, 0.717) is 10.8 Å². The zero-order valence-corrected chi connectivity index (χ0v) is 12.2. The Labute approximate surface area is 118 Å². The smallest absolute Gasteiger partial charge is 0.244 e. The summed E-state index contributed by atoms with van der Waals surface area (Å²) in [5.41, 5.74) is 1.13. The average molecular weight is 282 g/mol. The van der Waals surface area contributed by atoms with E-state index in [9.17, 15) is 4.79 Å². The summed E-state index contributed by atoms with van der Waals surface area (Å²) < 4.78 is 0. The van der Waals surface area contributed by atoms with Gasteiger partial charge in [0.2, 0.25) is 5.91 Å². The van der Waals surface area contributed by atoms with E-state index in [4.69, 9.17) is 11.6 Å². The summed E-state index contributed by atoms with van der Waals surface area (Å²) in [5.74, 6) is 0.00106. The van der Waals surface area contributed by atoms with Crippen molar-refractivity contribution in [1.29, 1.82) is 0 Å². The lowest BCUT2D eigenvalue weighted by molar-refractivity contribution is -0.122. The first-order valence-corrected chi connectivity index (χ1v) is 7.14. The van der Waals surface area contributed by atoms with Gasteiger partial charge in [-0.3, -0.25) is 4.79 Å². The number of halogens is 1. The molecule has 1 aliphatic heterocycles. The van der Waals surface area contributed by atoms with Crippen LogP contribution in [-0.2, 0) is 4.79 Å². The van der Waals surface area contributed by atoms with Crippen LogP contribution in [-0.4, -0.2) is 23.0 Å². The molecule has 0 bridgehead atoms. The molecule has 1 atom stereocenters. The number of nitrogens with zero attached hydrogens (tertiary/aromatic N) is 1. The lowest BCUT2D eigenvalue weighted by Crippen LogP contribution is -2.50. The number of aryl methyl sites for hydroxylation is 1. The zero-order chi connectivity index (χ0) is 13.9. The van der Waals surface area contributed by atoms with Crippen molar-refractivity contribution in [3.8, 4) is 0 Å². The van der Waals surface area contributed by atoms with E-state index >= 15 is 0 Å². The number of carbonyl (C=O) groups is 1. The normalized spacial score (nSPS) is 22.5. The minimum Gasteiger partial charge on any atom is -0.322 e. The summed E-state index contributed by atoms with van der Waals surface area (Å²) in [7, 11) is 0. The molecule has 1 aromatic heterocycles. The fourth-order valence-corrected chi connectivity index (χ4v) is 2.79. The van der Waals surface area contributed by atoms with Gasteiger partial charge in [0, 0.05) is 6.20 Å². The second-order valence-electron chi connectivity index (χ2n) is 5.17. The van der Waals surface area contributed by atoms with E-state index in [2.05, 4.69) is 22.5 Å². The van der Waals surface area contributed by atoms with E-state index in [1.165, 1.54) is 0 Å².